The van der Waals surface area contributed by atoms with E-state index in [1.54, 1.807) is 7.11 Å². The van der Waals surface area contributed by atoms with Gasteiger partial charge in [0.1, 0.15) is 0 Å². The van der Waals surface area contributed by atoms with Crippen LogP contribution in [0.4, 0.5) is 0 Å². The molecule has 0 bridgehead atoms. The van der Waals surface area contributed by atoms with E-state index in [2.05, 4.69) is 26.2 Å². The lowest BCUT2D eigenvalue weighted by Gasteiger charge is -2.25. The molecule has 1 fully saturated rings. The summed E-state index contributed by atoms with van der Waals surface area (Å²) in [4.78, 5) is 0. The lowest BCUT2D eigenvalue weighted by molar-refractivity contribution is 0.247. The van der Waals surface area contributed by atoms with E-state index in [0.29, 0.717) is 10.6 Å². The Kier molecular flexibility index (Phi) is 2.04. The van der Waals surface area contributed by atoms with Crippen molar-refractivity contribution in [3.8, 4) is 5.88 Å². The van der Waals surface area contributed by atoms with Gasteiger partial charge in [-0.25, -0.2) is 4.68 Å². The van der Waals surface area contributed by atoms with Gasteiger partial charge in [0.05, 0.1) is 13.2 Å². The minimum Gasteiger partial charge on any atom is -0.479 e. The first kappa shape index (κ1) is 8.04. The summed E-state index contributed by atoms with van der Waals surface area (Å²) >= 11 is 3.28. The van der Waals surface area contributed by atoms with Gasteiger partial charge in [-0.05, 0) is 35.2 Å². The maximum absolute atomic E-state index is 5.16. The Morgan fingerprint density at radius 3 is 2.83 bits per heavy atom. The van der Waals surface area contributed by atoms with Gasteiger partial charge in [0.25, 0.3) is 0 Å². The number of ether oxygens (including phenoxy) is 1. The zero-order chi connectivity index (χ0) is 8.55. The summed E-state index contributed by atoms with van der Waals surface area (Å²) in [6.45, 7) is 0. The predicted molar refractivity (Wildman–Crippen MR) is 47.2 cm³/mol. The molecule has 2 rings (SSSR count). The summed E-state index contributed by atoms with van der Waals surface area (Å²) in [5, 5.41) is 7.90. The normalized spacial score (nSPS) is 17.5. The summed E-state index contributed by atoms with van der Waals surface area (Å²) in [5.41, 5.74) is 0. The average Bonchev–Trinajstić information content (AvgIpc) is 2.29. The fourth-order valence-electron chi connectivity index (χ4n) is 1.31. The molecule has 0 unspecified atom stereocenters. The van der Waals surface area contributed by atoms with E-state index in [-0.39, 0.29) is 0 Å². The average molecular weight is 232 g/mol. The van der Waals surface area contributed by atoms with Crippen molar-refractivity contribution < 1.29 is 4.74 Å². The van der Waals surface area contributed by atoms with Crippen molar-refractivity contribution in [2.24, 2.45) is 0 Å². The lowest BCUT2D eigenvalue weighted by atomic mass is 9.93. The van der Waals surface area contributed by atoms with Gasteiger partial charge in [-0.3, -0.25) is 0 Å². The highest BCUT2D eigenvalue weighted by Gasteiger charge is 2.25. The molecule has 66 valence electrons. The molecule has 1 aliphatic carbocycles. The number of rotatable bonds is 2. The van der Waals surface area contributed by atoms with Crippen LogP contribution in [0.2, 0.25) is 0 Å². The number of hydrogen-bond acceptors (Lipinski definition) is 3. The van der Waals surface area contributed by atoms with Crippen molar-refractivity contribution in [1.82, 2.24) is 15.0 Å². The molecule has 1 heterocycles. The Hall–Kier alpha value is -0.580. The second kappa shape index (κ2) is 3.05. The molecular formula is C7H10BrN3O. The van der Waals surface area contributed by atoms with Crippen LogP contribution in [-0.4, -0.2) is 22.1 Å². The highest BCUT2D eigenvalue weighted by Crippen LogP contribution is 2.35. The predicted octanol–water partition coefficient (Wildman–Crippen LogP) is 1.77. The van der Waals surface area contributed by atoms with Gasteiger partial charge in [-0.2, -0.15) is 0 Å². The molecular weight excluding hydrogens is 222 g/mol. The smallest absolute Gasteiger partial charge is 0.247 e. The second-order valence-corrected chi connectivity index (χ2v) is 3.67. The molecule has 1 aromatic heterocycles. The standard InChI is InChI=1S/C7H10BrN3O/c1-12-7-6(8)9-10-11(7)5-3-2-4-5/h5H,2-4H2,1H3. The van der Waals surface area contributed by atoms with E-state index in [0.717, 1.165) is 5.88 Å². The third kappa shape index (κ3) is 1.12. The molecule has 0 atom stereocenters. The Morgan fingerprint density at radius 2 is 2.33 bits per heavy atom. The minimum absolute atomic E-state index is 0.499. The van der Waals surface area contributed by atoms with Crippen molar-refractivity contribution >= 4 is 15.9 Å². The molecule has 0 saturated heterocycles. The maximum atomic E-state index is 5.16. The monoisotopic (exact) mass is 231 g/mol. The van der Waals surface area contributed by atoms with E-state index < -0.39 is 0 Å². The number of methoxy groups -OCH3 is 1. The van der Waals surface area contributed by atoms with Crippen LogP contribution >= 0.6 is 15.9 Å². The summed E-state index contributed by atoms with van der Waals surface area (Å²) < 4.78 is 7.71. The Balaban J connectivity index is 2.29. The van der Waals surface area contributed by atoms with Crippen LogP contribution < -0.4 is 4.74 Å². The van der Waals surface area contributed by atoms with Gasteiger partial charge < -0.3 is 4.74 Å². The van der Waals surface area contributed by atoms with Crippen LogP contribution in [0.1, 0.15) is 25.3 Å². The molecule has 0 aromatic carbocycles. The first-order valence-electron chi connectivity index (χ1n) is 3.97. The SMILES string of the molecule is COc1c(Br)nnn1C1CCC1. The van der Waals surface area contributed by atoms with Gasteiger partial charge in [0.2, 0.25) is 5.88 Å². The molecule has 1 aliphatic rings. The van der Waals surface area contributed by atoms with Crippen LogP contribution in [0.5, 0.6) is 5.88 Å². The number of halogens is 1. The van der Waals surface area contributed by atoms with Gasteiger partial charge in [0.15, 0.2) is 4.60 Å². The van der Waals surface area contributed by atoms with Crippen molar-refractivity contribution in [2.75, 3.05) is 7.11 Å². The first-order chi connectivity index (χ1) is 5.83. The molecule has 1 saturated carbocycles. The summed E-state index contributed by atoms with van der Waals surface area (Å²) in [7, 11) is 1.64. The van der Waals surface area contributed by atoms with Crippen molar-refractivity contribution in [3.63, 3.8) is 0 Å². The molecule has 4 nitrogen and oxygen atoms in total. The minimum atomic E-state index is 0.499. The number of aromatic nitrogens is 3. The van der Waals surface area contributed by atoms with E-state index in [4.69, 9.17) is 4.74 Å². The molecule has 0 radical (unpaired) electrons. The third-order valence-corrected chi connectivity index (χ3v) is 2.73. The van der Waals surface area contributed by atoms with Crippen molar-refractivity contribution in [1.29, 1.82) is 0 Å². The third-order valence-electron chi connectivity index (χ3n) is 2.23. The Bertz CT molecular complexity index is 282. The zero-order valence-corrected chi connectivity index (χ0v) is 8.41. The van der Waals surface area contributed by atoms with E-state index >= 15 is 0 Å². The highest BCUT2D eigenvalue weighted by molar-refractivity contribution is 9.10. The summed E-state index contributed by atoms with van der Waals surface area (Å²) in [6, 6.07) is 0.499. The first-order valence-corrected chi connectivity index (χ1v) is 4.77. The summed E-state index contributed by atoms with van der Waals surface area (Å²) in [6.07, 6.45) is 3.66. The van der Waals surface area contributed by atoms with Crippen molar-refractivity contribution in [2.45, 2.75) is 25.3 Å². The largest absolute Gasteiger partial charge is 0.479 e. The van der Waals surface area contributed by atoms with Gasteiger partial charge >= 0.3 is 0 Å². The molecule has 0 aliphatic heterocycles. The Morgan fingerprint density at radius 1 is 1.58 bits per heavy atom. The number of hydrogen-bond donors (Lipinski definition) is 0. The maximum Gasteiger partial charge on any atom is 0.247 e. The van der Waals surface area contributed by atoms with Crippen LogP contribution in [0.15, 0.2) is 4.60 Å². The molecule has 1 aromatic rings. The van der Waals surface area contributed by atoms with Gasteiger partial charge in [0, 0.05) is 0 Å². The molecule has 12 heavy (non-hydrogen) atoms. The zero-order valence-electron chi connectivity index (χ0n) is 6.83. The van der Waals surface area contributed by atoms with Crippen molar-refractivity contribution in [3.05, 3.63) is 4.60 Å². The molecule has 0 N–H and O–H groups in total. The second-order valence-electron chi connectivity index (χ2n) is 2.92. The lowest BCUT2D eigenvalue weighted by Crippen LogP contribution is -2.18. The van der Waals surface area contributed by atoms with E-state index in [1.807, 2.05) is 4.68 Å². The van der Waals surface area contributed by atoms with Crippen LogP contribution in [0.3, 0.4) is 0 Å². The number of nitrogens with zero attached hydrogens (tertiary/aromatic N) is 3. The molecule has 5 heteroatoms. The van der Waals surface area contributed by atoms with Crippen LogP contribution in [0, 0.1) is 0 Å². The highest BCUT2D eigenvalue weighted by atomic mass is 79.9. The fraction of sp³-hybridized carbons (Fsp3) is 0.714. The Labute approximate surface area is 79.0 Å². The molecule has 0 spiro atoms. The molecule has 0 amide bonds. The quantitative estimate of drug-likeness (QED) is 0.780. The van der Waals surface area contributed by atoms with E-state index in [1.165, 1.54) is 19.3 Å². The van der Waals surface area contributed by atoms with Gasteiger partial charge in [-0.15, -0.1) is 5.10 Å². The van der Waals surface area contributed by atoms with E-state index in [9.17, 15) is 0 Å². The van der Waals surface area contributed by atoms with Crippen LogP contribution in [-0.2, 0) is 0 Å². The van der Waals surface area contributed by atoms with Crippen LogP contribution in [0.25, 0.3) is 0 Å². The summed E-state index contributed by atoms with van der Waals surface area (Å²) in [5.74, 6) is 0.736. The topological polar surface area (TPSA) is 39.9 Å². The fourth-order valence-corrected chi connectivity index (χ4v) is 1.73. The van der Waals surface area contributed by atoms with Gasteiger partial charge in [-0.1, -0.05) is 5.21 Å².